The van der Waals surface area contributed by atoms with Crippen LogP contribution in [0.3, 0.4) is 0 Å². The van der Waals surface area contributed by atoms with Crippen LogP contribution >= 0.6 is 0 Å². The molecule has 0 aliphatic carbocycles. The normalized spacial score (nSPS) is 13.0. The van der Waals surface area contributed by atoms with E-state index in [9.17, 15) is 9.59 Å². The Hall–Kier alpha value is -0.900. The largest absolute Gasteiger partial charge is 0.315 e. The molecule has 0 aliphatic rings. The van der Waals surface area contributed by atoms with Crippen molar-refractivity contribution in [2.75, 3.05) is 13.6 Å². The van der Waals surface area contributed by atoms with Gasteiger partial charge in [-0.05, 0) is 18.9 Å². The van der Waals surface area contributed by atoms with Gasteiger partial charge in [-0.2, -0.15) is 0 Å². The lowest BCUT2D eigenvalue weighted by Gasteiger charge is -2.35. The summed E-state index contributed by atoms with van der Waals surface area (Å²) in [6, 6.07) is 0.0825. The minimum Gasteiger partial charge on any atom is -0.315 e. The molecule has 1 unspecified atom stereocenters. The highest BCUT2D eigenvalue weighted by Gasteiger charge is 2.34. The summed E-state index contributed by atoms with van der Waals surface area (Å²) < 4.78 is 0. The van der Waals surface area contributed by atoms with Gasteiger partial charge in [0, 0.05) is 18.0 Å². The molecular weight excluding hydrogens is 264 g/mol. The summed E-state index contributed by atoms with van der Waals surface area (Å²) in [5, 5.41) is 3.19. The number of hydrogen-bond acceptors (Lipinski definition) is 3. The smallest absolute Gasteiger partial charge is 0.234 e. The van der Waals surface area contributed by atoms with Crippen LogP contribution in [-0.4, -0.2) is 36.9 Å². The highest BCUT2D eigenvalue weighted by molar-refractivity contribution is 5.90. The van der Waals surface area contributed by atoms with E-state index in [0.29, 0.717) is 13.0 Å². The Morgan fingerprint density at radius 3 is 1.95 bits per heavy atom. The Bertz CT molecular complexity index is 306. The first-order valence-electron chi connectivity index (χ1n) is 8.03. The molecule has 0 aromatic heterocycles. The van der Waals surface area contributed by atoms with E-state index < -0.39 is 5.41 Å². The van der Waals surface area contributed by atoms with Crippen molar-refractivity contribution in [2.45, 2.75) is 74.3 Å². The van der Waals surface area contributed by atoms with Crippen molar-refractivity contribution >= 4 is 12.3 Å². The molecule has 0 aromatic rings. The molecule has 1 atom stereocenters. The molecular formula is C17H36N2O2. The third-order valence-corrected chi connectivity index (χ3v) is 3.62. The average molecular weight is 300 g/mol. The van der Waals surface area contributed by atoms with Gasteiger partial charge in [-0.1, -0.05) is 61.8 Å². The number of hydrogen-bond donors (Lipinski definition) is 1. The molecule has 21 heavy (non-hydrogen) atoms. The predicted molar refractivity (Wildman–Crippen MR) is 90.1 cm³/mol. The van der Waals surface area contributed by atoms with Gasteiger partial charge >= 0.3 is 0 Å². The van der Waals surface area contributed by atoms with E-state index in [1.807, 2.05) is 41.7 Å². The van der Waals surface area contributed by atoms with E-state index in [-0.39, 0.29) is 17.4 Å². The lowest BCUT2D eigenvalue weighted by atomic mass is 9.84. The van der Waals surface area contributed by atoms with Crippen LogP contribution in [-0.2, 0) is 9.59 Å². The van der Waals surface area contributed by atoms with Gasteiger partial charge in [0.2, 0.25) is 12.3 Å². The van der Waals surface area contributed by atoms with Gasteiger partial charge in [0.25, 0.3) is 0 Å². The van der Waals surface area contributed by atoms with Gasteiger partial charge in [-0.15, -0.1) is 0 Å². The highest BCUT2D eigenvalue weighted by Crippen LogP contribution is 2.26. The molecule has 0 aromatic carbocycles. The van der Waals surface area contributed by atoms with Crippen molar-refractivity contribution in [1.29, 1.82) is 0 Å². The third-order valence-electron chi connectivity index (χ3n) is 3.62. The minimum atomic E-state index is -0.480. The van der Waals surface area contributed by atoms with Crippen molar-refractivity contribution in [2.24, 2.45) is 10.8 Å². The number of imide groups is 1. The van der Waals surface area contributed by atoms with Gasteiger partial charge < -0.3 is 5.32 Å². The molecule has 126 valence electrons. The van der Waals surface area contributed by atoms with Gasteiger partial charge in [0.05, 0.1) is 0 Å². The Morgan fingerprint density at radius 2 is 1.67 bits per heavy atom. The van der Waals surface area contributed by atoms with Crippen LogP contribution in [0.1, 0.15) is 68.2 Å². The van der Waals surface area contributed by atoms with Crippen LogP contribution in [0, 0.1) is 10.8 Å². The zero-order valence-corrected chi connectivity index (χ0v) is 15.5. The maximum atomic E-state index is 12.4. The number of likely N-dealkylation sites (N-methyl/N-ethyl adjacent to an activating group) is 1. The molecule has 4 heteroatoms. The number of carbonyl (C=O) groups is 2. The summed E-state index contributed by atoms with van der Waals surface area (Å²) in [6.07, 6.45) is 2.38. The zero-order chi connectivity index (χ0) is 17.3. The van der Waals surface area contributed by atoms with Gasteiger partial charge in [-0.25, -0.2) is 0 Å². The molecule has 0 rings (SSSR count). The quantitative estimate of drug-likeness (QED) is 0.733. The summed E-state index contributed by atoms with van der Waals surface area (Å²) in [7, 11) is 1.86. The standard InChI is InChI=1S/C15H30N2O2.C2H6/c1-8-9-15(5,6)13(19)17(11-18)10-12(16-7)14(2,3)4;1-2/h11-12,16H,8-10H2,1-7H3;1-2H3. The highest BCUT2D eigenvalue weighted by atomic mass is 16.2. The van der Waals surface area contributed by atoms with Crippen molar-refractivity contribution in [3.63, 3.8) is 0 Å². The fraction of sp³-hybridized carbons (Fsp3) is 0.882. The summed E-state index contributed by atoms with van der Waals surface area (Å²) in [5.74, 6) is -0.0890. The lowest BCUT2D eigenvalue weighted by molar-refractivity contribution is -0.146. The van der Waals surface area contributed by atoms with Crippen LogP contribution in [0.5, 0.6) is 0 Å². The summed E-state index contributed by atoms with van der Waals surface area (Å²) in [6.45, 7) is 16.6. The summed E-state index contributed by atoms with van der Waals surface area (Å²) in [4.78, 5) is 25.0. The molecule has 0 bridgehead atoms. The maximum absolute atomic E-state index is 12.4. The van der Waals surface area contributed by atoms with E-state index >= 15 is 0 Å². The second-order valence-electron chi connectivity index (χ2n) is 6.90. The number of carbonyl (C=O) groups excluding carboxylic acids is 2. The maximum Gasteiger partial charge on any atom is 0.234 e. The van der Waals surface area contributed by atoms with Gasteiger partial charge in [-0.3, -0.25) is 14.5 Å². The van der Waals surface area contributed by atoms with Crippen molar-refractivity contribution < 1.29 is 9.59 Å². The van der Waals surface area contributed by atoms with E-state index in [0.717, 1.165) is 12.8 Å². The average Bonchev–Trinajstić information content (AvgIpc) is 2.40. The van der Waals surface area contributed by atoms with E-state index in [4.69, 9.17) is 0 Å². The number of nitrogens with zero attached hydrogens (tertiary/aromatic N) is 1. The van der Waals surface area contributed by atoms with Crippen molar-refractivity contribution in [3.05, 3.63) is 0 Å². The fourth-order valence-corrected chi connectivity index (χ4v) is 2.29. The number of rotatable bonds is 7. The Labute approximate surface area is 131 Å². The van der Waals surface area contributed by atoms with E-state index in [2.05, 4.69) is 26.1 Å². The van der Waals surface area contributed by atoms with Crippen LogP contribution in [0.4, 0.5) is 0 Å². The molecule has 1 N–H and O–H groups in total. The Kier molecular flexibility index (Phi) is 10.6. The summed E-state index contributed by atoms with van der Waals surface area (Å²) in [5.41, 5.74) is -0.489. The second kappa shape index (κ2) is 9.93. The summed E-state index contributed by atoms with van der Waals surface area (Å²) >= 11 is 0. The van der Waals surface area contributed by atoms with Crippen molar-refractivity contribution in [1.82, 2.24) is 10.2 Å². The topological polar surface area (TPSA) is 49.4 Å². The molecule has 0 saturated carbocycles. The molecule has 0 heterocycles. The molecule has 0 saturated heterocycles. The van der Waals surface area contributed by atoms with Crippen molar-refractivity contribution in [3.8, 4) is 0 Å². The number of nitrogens with one attached hydrogen (secondary N) is 1. The SMILES string of the molecule is CC.CCCC(C)(C)C(=O)N(C=O)CC(NC)C(C)(C)C. The zero-order valence-electron chi connectivity index (χ0n) is 15.5. The predicted octanol–water partition coefficient (Wildman–Crippen LogP) is 3.46. The second-order valence-corrected chi connectivity index (χ2v) is 6.90. The number of amides is 2. The van der Waals surface area contributed by atoms with E-state index in [1.165, 1.54) is 4.90 Å². The van der Waals surface area contributed by atoms with Gasteiger partial charge in [0.1, 0.15) is 0 Å². The van der Waals surface area contributed by atoms with Crippen LogP contribution < -0.4 is 5.32 Å². The lowest BCUT2D eigenvalue weighted by Crippen LogP contribution is -2.51. The fourth-order valence-electron chi connectivity index (χ4n) is 2.29. The first-order valence-corrected chi connectivity index (χ1v) is 8.03. The third kappa shape index (κ3) is 7.60. The van der Waals surface area contributed by atoms with Gasteiger partial charge in [0.15, 0.2) is 0 Å². The molecule has 0 spiro atoms. The monoisotopic (exact) mass is 300 g/mol. The molecule has 0 aliphatic heterocycles. The van der Waals surface area contributed by atoms with Crippen LogP contribution in [0.2, 0.25) is 0 Å². The van der Waals surface area contributed by atoms with Crippen LogP contribution in [0.25, 0.3) is 0 Å². The van der Waals surface area contributed by atoms with Crippen LogP contribution in [0.15, 0.2) is 0 Å². The molecule has 0 radical (unpaired) electrons. The molecule has 0 fully saturated rings. The Morgan fingerprint density at radius 1 is 1.19 bits per heavy atom. The van der Waals surface area contributed by atoms with E-state index in [1.54, 1.807) is 0 Å². The first kappa shape index (κ1) is 22.4. The molecule has 4 nitrogen and oxygen atoms in total. The first-order chi connectivity index (χ1) is 9.60. The Balaban J connectivity index is 0. The minimum absolute atomic E-state index is 0.00874. The molecule has 2 amide bonds.